The Balaban J connectivity index is 1.49. The maximum absolute atomic E-state index is 12.4. The van der Waals surface area contributed by atoms with Crippen LogP contribution in [-0.2, 0) is 13.0 Å². The molecule has 1 aliphatic carbocycles. The van der Waals surface area contributed by atoms with Crippen molar-refractivity contribution in [2.75, 3.05) is 13.6 Å². The van der Waals surface area contributed by atoms with Gasteiger partial charge in [0, 0.05) is 18.5 Å². The summed E-state index contributed by atoms with van der Waals surface area (Å²) in [4.78, 5) is 14.8. The molecule has 0 amide bonds. The molecule has 2 aromatic rings. The third kappa shape index (κ3) is 4.42. The van der Waals surface area contributed by atoms with Crippen molar-refractivity contribution in [2.24, 2.45) is 0 Å². The van der Waals surface area contributed by atoms with Crippen molar-refractivity contribution in [3.05, 3.63) is 82.9 Å². The van der Waals surface area contributed by atoms with Gasteiger partial charge in [-0.2, -0.15) is 0 Å². The zero-order valence-corrected chi connectivity index (χ0v) is 14.4. The minimum Gasteiger partial charge on any atom is -0.302 e. The molecule has 124 valence electrons. The van der Waals surface area contributed by atoms with Gasteiger partial charge in [-0.1, -0.05) is 66.2 Å². The van der Waals surface area contributed by atoms with Gasteiger partial charge in [-0.05, 0) is 44.0 Å². The van der Waals surface area contributed by atoms with Gasteiger partial charge in [-0.3, -0.25) is 4.79 Å². The Bertz CT molecular complexity index is 718. The van der Waals surface area contributed by atoms with Gasteiger partial charge in [0.05, 0.1) is 0 Å². The van der Waals surface area contributed by atoms with Crippen LogP contribution in [0.15, 0.2) is 66.2 Å². The second-order valence-electron chi connectivity index (χ2n) is 6.65. The lowest BCUT2D eigenvalue weighted by molar-refractivity contribution is 0.0992. The molecular formula is C22H25NO. The van der Waals surface area contributed by atoms with Crippen molar-refractivity contribution in [1.29, 1.82) is 0 Å². The highest BCUT2D eigenvalue weighted by Gasteiger charge is 2.16. The van der Waals surface area contributed by atoms with Gasteiger partial charge >= 0.3 is 0 Å². The number of Topliss-reactive ketones (excluding diaryl/α,β-unsaturated/α-hetero) is 1. The maximum Gasteiger partial charge on any atom is 0.167 e. The number of rotatable bonds is 6. The lowest BCUT2D eigenvalue weighted by Gasteiger charge is -2.17. The molecule has 1 aliphatic rings. The maximum atomic E-state index is 12.4. The van der Waals surface area contributed by atoms with Crippen molar-refractivity contribution < 1.29 is 4.79 Å². The molecule has 0 heterocycles. The second kappa shape index (κ2) is 8.07. The fourth-order valence-corrected chi connectivity index (χ4v) is 3.34. The van der Waals surface area contributed by atoms with Crippen molar-refractivity contribution in [1.82, 2.24) is 4.90 Å². The van der Waals surface area contributed by atoms with Crippen molar-refractivity contribution in [3.8, 4) is 0 Å². The molecule has 0 fully saturated rings. The van der Waals surface area contributed by atoms with E-state index in [1.54, 1.807) is 0 Å². The molecule has 3 rings (SSSR count). The van der Waals surface area contributed by atoms with Crippen LogP contribution in [-0.4, -0.2) is 24.3 Å². The third-order valence-corrected chi connectivity index (χ3v) is 4.65. The SMILES string of the molecule is CN(CCCC1=CCc2ccccc2C(=O)C1)Cc1ccccc1. The zero-order valence-electron chi connectivity index (χ0n) is 14.4. The Morgan fingerprint density at radius 2 is 1.75 bits per heavy atom. The number of carbonyl (C=O) groups excluding carboxylic acids is 1. The Kier molecular flexibility index (Phi) is 5.60. The number of hydrogen-bond acceptors (Lipinski definition) is 2. The molecule has 0 saturated heterocycles. The molecule has 0 bridgehead atoms. The van der Waals surface area contributed by atoms with Crippen LogP contribution in [0.5, 0.6) is 0 Å². The van der Waals surface area contributed by atoms with E-state index in [1.165, 1.54) is 16.7 Å². The first-order valence-electron chi connectivity index (χ1n) is 8.74. The molecule has 0 radical (unpaired) electrons. The number of nitrogens with zero attached hydrogens (tertiary/aromatic N) is 1. The summed E-state index contributed by atoms with van der Waals surface area (Å²) in [6.07, 6.45) is 5.84. The monoisotopic (exact) mass is 319 g/mol. The van der Waals surface area contributed by atoms with Crippen LogP contribution in [0.1, 0.15) is 40.7 Å². The van der Waals surface area contributed by atoms with Crippen LogP contribution < -0.4 is 0 Å². The smallest absolute Gasteiger partial charge is 0.167 e. The molecule has 0 aromatic heterocycles. The molecule has 2 heteroatoms. The van der Waals surface area contributed by atoms with E-state index in [0.29, 0.717) is 6.42 Å². The van der Waals surface area contributed by atoms with Gasteiger partial charge in [0.25, 0.3) is 0 Å². The first-order chi connectivity index (χ1) is 11.7. The van der Waals surface area contributed by atoms with Gasteiger partial charge in [0.2, 0.25) is 0 Å². The molecule has 0 saturated carbocycles. The van der Waals surface area contributed by atoms with E-state index in [9.17, 15) is 4.79 Å². The molecular weight excluding hydrogens is 294 g/mol. The Morgan fingerprint density at radius 3 is 2.58 bits per heavy atom. The van der Waals surface area contributed by atoms with E-state index in [2.05, 4.69) is 54.4 Å². The van der Waals surface area contributed by atoms with Crippen LogP contribution in [0.4, 0.5) is 0 Å². The molecule has 0 unspecified atom stereocenters. The van der Waals surface area contributed by atoms with Crippen LogP contribution in [0, 0.1) is 0 Å². The van der Waals surface area contributed by atoms with Gasteiger partial charge in [0.15, 0.2) is 5.78 Å². The lowest BCUT2D eigenvalue weighted by Crippen LogP contribution is -2.19. The van der Waals surface area contributed by atoms with E-state index >= 15 is 0 Å². The van der Waals surface area contributed by atoms with Crippen molar-refractivity contribution >= 4 is 5.78 Å². The Hall–Kier alpha value is -2.19. The van der Waals surface area contributed by atoms with E-state index < -0.39 is 0 Å². The van der Waals surface area contributed by atoms with Gasteiger partial charge in [-0.15, -0.1) is 0 Å². The minimum absolute atomic E-state index is 0.270. The summed E-state index contributed by atoms with van der Waals surface area (Å²) >= 11 is 0. The fraction of sp³-hybridized carbons (Fsp3) is 0.318. The van der Waals surface area contributed by atoms with Crippen LogP contribution in [0.25, 0.3) is 0 Å². The van der Waals surface area contributed by atoms with Crippen LogP contribution in [0.2, 0.25) is 0 Å². The van der Waals surface area contributed by atoms with E-state index in [1.807, 2.05) is 18.2 Å². The Morgan fingerprint density at radius 1 is 1.00 bits per heavy atom. The van der Waals surface area contributed by atoms with Gasteiger partial charge in [-0.25, -0.2) is 0 Å². The number of carbonyl (C=O) groups is 1. The topological polar surface area (TPSA) is 20.3 Å². The molecule has 24 heavy (non-hydrogen) atoms. The number of allylic oxidation sites excluding steroid dienone is 2. The summed E-state index contributed by atoms with van der Waals surface area (Å²) < 4.78 is 0. The summed E-state index contributed by atoms with van der Waals surface area (Å²) in [6.45, 7) is 2.03. The molecule has 0 atom stereocenters. The highest BCUT2D eigenvalue weighted by molar-refractivity contribution is 5.99. The first kappa shape index (κ1) is 16.7. The lowest BCUT2D eigenvalue weighted by atomic mass is 10.0. The summed E-state index contributed by atoms with van der Waals surface area (Å²) in [7, 11) is 2.16. The number of hydrogen-bond donors (Lipinski definition) is 0. The summed E-state index contributed by atoms with van der Waals surface area (Å²) in [5, 5.41) is 0. The first-order valence-corrected chi connectivity index (χ1v) is 8.74. The molecule has 0 N–H and O–H groups in total. The second-order valence-corrected chi connectivity index (χ2v) is 6.65. The Labute approximate surface area is 144 Å². The van der Waals surface area contributed by atoms with Gasteiger partial charge < -0.3 is 4.90 Å². The molecule has 2 aromatic carbocycles. The number of fused-ring (bicyclic) bond motifs is 1. The predicted octanol–water partition coefficient (Wildman–Crippen LogP) is 4.65. The van der Waals surface area contributed by atoms with E-state index in [4.69, 9.17) is 0 Å². The van der Waals surface area contributed by atoms with Crippen molar-refractivity contribution in [3.63, 3.8) is 0 Å². The largest absolute Gasteiger partial charge is 0.302 e. The summed E-state index contributed by atoms with van der Waals surface area (Å²) in [5.74, 6) is 0.270. The average Bonchev–Trinajstić information content (AvgIpc) is 2.75. The van der Waals surface area contributed by atoms with Crippen LogP contribution in [0.3, 0.4) is 0 Å². The normalized spacial score (nSPS) is 14.2. The minimum atomic E-state index is 0.270. The molecule has 0 spiro atoms. The third-order valence-electron chi connectivity index (χ3n) is 4.65. The van der Waals surface area contributed by atoms with E-state index in [-0.39, 0.29) is 5.78 Å². The standard InChI is InChI=1S/C22H25NO/c1-23(17-19-8-3-2-4-9-19)15-7-10-18-13-14-20-11-5-6-12-21(20)22(24)16-18/h2-6,8-9,11-13H,7,10,14-17H2,1H3. The van der Waals surface area contributed by atoms with Crippen molar-refractivity contribution in [2.45, 2.75) is 32.2 Å². The highest BCUT2D eigenvalue weighted by atomic mass is 16.1. The zero-order chi connectivity index (χ0) is 16.8. The molecule has 2 nitrogen and oxygen atoms in total. The molecule has 0 aliphatic heterocycles. The highest BCUT2D eigenvalue weighted by Crippen LogP contribution is 2.23. The number of ketones is 1. The predicted molar refractivity (Wildman–Crippen MR) is 99.2 cm³/mol. The quantitative estimate of drug-likeness (QED) is 0.722. The average molecular weight is 319 g/mol. The number of benzene rings is 2. The summed E-state index contributed by atoms with van der Waals surface area (Å²) in [5.41, 5.74) is 4.72. The fourth-order valence-electron chi connectivity index (χ4n) is 3.34. The van der Waals surface area contributed by atoms with Gasteiger partial charge in [0.1, 0.15) is 0 Å². The van der Waals surface area contributed by atoms with Crippen LogP contribution >= 0.6 is 0 Å². The van der Waals surface area contributed by atoms with E-state index in [0.717, 1.165) is 37.9 Å². The summed E-state index contributed by atoms with van der Waals surface area (Å²) in [6, 6.07) is 18.6.